The molecular formula is C23H23N5O4. The highest BCUT2D eigenvalue weighted by Crippen LogP contribution is 2.20. The molecule has 4 rings (SSSR count). The molecule has 1 atom stereocenters. The number of aromatic amines is 1. The number of hydrogen-bond acceptors (Lipinski definition) is 8. The Balaban J connectivity index is 1.25. The van der Waals surface area contributed by atoms with Crippen LogP contribution in [0.15, 0.2) is 59.4 Å². The first-order valence-electron chi connectivity index (χ1n) is 10.2. The minimum Gasteiger partial charge on any atom is -0.463 e. The largest absolute Gasteiger partial charge is 0.463 e. The van der Waals surface area contributed by atoms with E-state index in [0.29, 0.717) is 29.9 Å². The van der Waals surface area contributed by atoms with Crippen molar-refractivity contribution in [2.24, 2.45) is 0 Å². The predicted octanol–water partition coefficient (Wildman–Crippen LogP) is 1.97. The summed E-state index contributed by atoms with van der Waals surface area (Å²) in [6.45, 7) is 0.548. The van der Waals surface area contributed by atoms with E-state index in [1.807, 2.05) is 30.3 Å². The third-order valence-electron chi connectivity index (χ3n) is 5.12. The summed E-state index contributed by atoms with van der Waals surface area (Å²) >= 11 is 0. The lowest BCUT2D eigenvalue weighted by atomic mass is 10.0. The van der Waals surface area contributed by atoms with Gasteiger partial charge in [0.2, 0.25) is 5.95 Å². The highest BCUT2D eigenvalue weighted by Gasteiger charge is 2.22. The molecule has 9 heteroatoms. The lowest BCUT2D eigenvalue weighted by molar-refractivity contribution is -0.143. The van der Waals surface area contributed by atoms with Crippen molar-refractivity contribution in [2.45, 2.75) is 18.9 Å². The zero-order valence-electron chi connectivity index (χ0n) is 17.3. The lowest BCUT2D eigenvalue weighted by Crippen LogP contribution is -2.40. The normalized spacial score (nSPS) is 14.6. The number of carbonyl (C=O) groups excluding carboxylic acids is 2. The molecule has 1 aliphatic rings. The van der Waals surface area contributed by atoms with Gasteiger partial charge in [-0.15, -0.1) is 0 Å². The summed E-state index contributed by atoms with van der Waals surface area (Å²) in [7, 11) is 0. The van der Waals surface area contributed by atoms with E-state index < -0.39 is 0 Å². The highest BCUT2D eigenvalue weighted by molar-refractivity contribution is 6.08. The van der Waals surface area contributed by atoms with Crippen molar-refractivity contribution in [3.05, 3.63) is 81.6 Å². The molecule has 0 fully saturated rings. The minimum absolute atomic E-state index is 0.0328. The number of aromatic nitrogens is 2. The van der Waals surface area contributed by atoms with Crippen LogP contribution in [-0.2, 0) is 16.0 Å². The first-order valence-corrected chi connectivity index (χ1v) is 10.2. The average molecular weight is 433 g/mol. The molecule has 0 spiro atoms. The van der Waals surface area contributed by atoms with E-state index in [2.05, 4.69) is 20.6 Å². The number of anilines is 3. The summed E-state index contributed by atoms with van der Waals surface area (Å²) in [6, 6.07) is 16.1. The van der Waals surface area contributed by atoms with E-state index in [0.717, 1.165) is 5.56 Å². The van der Waals surface area contributed by atoms with Gasteiger partial charge in [-0.25, -0.2) is 0 Å². The molecule has 1 aromatic heterocycles. The van der Waals surface area contributed by atoms with Crippen molar-refractivity contribution in [3.63, 3.8) is 0 Å². The number of nitrogens with two attached hydrogens (primary N) is 1. The Hall–Kier alpha value is -4.14. The van der Waals surface area contributed by atoms with Gasteiger partial charge in [-0.2, -0.15) is 4.98 Å². The predicted molar refractivity (Wildman–Crippen MR) is 121 cm³/mol. The minimum atomic E-state index is -0.384. The van der Waals surface area contributed by atoms with Crippen LogP contribution < -0.4 is 21.9 Å². The number of fused-ring (bicyclic) bond motifs is 1. The van der Waals surface area contributed by atoms with Gasteiger partial charge in [-0.05, 0) is 12.0 Å². The Labute approximate surface area is 184 Å². The van der Waals surface area contributed by atoms with Gasteiger partial charge in [0.05, 0.1) is 6.04 Å². The molecule has 0 saturated heterocycles. The number of nitrogens with zero attached hydrogens (tertiary/aromatic N) is 1. The van der Waals surface area contributed by atoms with Crippen LogP contribution in [0, 0.1) is 0 Å². The van der Waals surface area contributed by atoms with Crippen molar-refractivity contribution in [1.29, 1.82) is 0 Å². The molecule has 0 bridgehead atoms. The van der Waals surface area contributed by atoms with Gasteiger partial charge in [-0.3, -0.25) is 19.4 Å². The van der Waals surface area contributed by atoms with Crippen molar-refractivity contribution in [3.8, 4) is 0 Å². The van der Waals surface area contributed by atoms with Gasteiger partial charge in [0.15, 0.2) is 11.6 Å². The van der Waals surface area contributed by atoms with E-state index in [1.54, 1.807) is 24.3 Å². The number of hydrogen-bond donors (Lipinski definition) is 4. The molecule has 0 radical (unpaired) electrons. The number of esters is 1. The van der Waals surface area contributed by atoms with Crippen LogP contribution in [0.25, 0.3) is 0 Å². The number of benzene rings is 2. The van der Waals surface area contributed by atoms with E-state index in [1.165, 1.54) is 0 Å². The molecule has 0 saturated carbocycles. The highest BCUT2D eigenvalue weighted by atomic mass is 16.5. The first-order chi connectivity index (χ1) is 15.5. The van der Waals surface area contributed by atoms with E-state index >= 15 is 0 Å². The number of nitrogens with one attached hydrogen (secondary N) is 3. The van der Waals surface area contributed by atoms with Crippen LogP contribution in [0.2, 0.25) is 0 Å². The Morgan fingerprint density at radius 3 is 2.53 bits per heavy atom. The van der Waals surface area contributed by atoms with Crippen LogP contribution in [0.1, 0.15) is 27.9 Å². The zero-order chi connectivity index (χ0) is 22.5. The average Bonchev–Trinajstić information content (AvgIpc) is 2.82. The third-order valence-corrected chi connectivity index (χ3v) is 5.12. The van der Waals surface area contributed by atoms with Crippen LogP contribution in [0.5, 0.6) is 0 Å². The summed E-state index contributed by atoms with van der Waals surface area (Å²) in [5.41, 5.74) is 7.59. The molecule has 164 valence electrons. The Bertz CT molecular complexity index is 1180. The smallest absolute Gasteiger partial charge is 0.306 e. The maximum absolute atomic E-state index is 12.5. The van der Waals surface area contributed by atoms with Crippen LogP contribution >= 0.6 is 0 Å². The summed E-state index contributed by atoms with van der Waals surface area (Å²) in [6.07, 6.45) is 0.710. The fourth-order valence-corrected chi connectivity index (χ4v) is 3.42. The molecule has 1 aliphatic heterocycles. The molecule has 2 heterocycles. The number of H-pyrrole nitrogens is 1. The van der Waals surface area contributed by atoms with Crippen molar-refractivity contribution in [2.75, 3.05) is 29.5 Å². The molecule has 3 aromatic rings. The van der Waals surface area contributed by atoms with E-state index in [9.17, 15) is 14.4 Å². The summed E-state index contributed by atoms with van der Waals surface area (Å²) in [4.78, 5) is 43.0. The first kappa shape index (κ1) is 21.1. The van der Waals surface area contributed by atoms with Crippen LogP contribution in [0.3, 0.4) is 0 Å². The molecular weight excluding hydrogens is 410 g/mol. The second kappa shape index (κ2) is 9.34. The third kappa shape index (κ3) is 4.94. The van der Waals surface area contributed by atoms with Crippen LogP contribution in [-0.4, -0.2) is 40.9 Å². The zero-order valence-corrected chi connectivity index (χ0v) is 17.3. The summed E-state index contributed by atoms with van der Waals surface area (Å²) in [5, 5.41) is 6.03. The fraction of sp³-hybridized carbons (Fsp3) is 0.217. The number of aryl methyl sites for hydroxylation is 1. The SMILES string of the molecule is Nc1nc2c(c(=O)[nH]1)NC(COC(=O)CCc1ccc(C(=O)c3ccccc3)cc1)CN2. The van der Waals surface area contributed by atoms with Crippen molar-refractivity contribution >= 4 is 29.2 Å². The van der Waals surface area contributed by atoms with E-state index in [-0.39, 0.29) is 48.0 Å². The fourth-order valence-electron chi connectivity index (χ4n) is 3.42. The maximum Gasteiger partial charge on any atom is 0.306 e. The second-order valence-corrected chi connectivity index (χ2v) is 7.47. The van der Waals surface area contributed by atoms with Gasteiger partial charge in [0, 0.05) is 24.1 Å². The summed E-state index contributed by atoms with van der Waals surface area (Å²) < 4.78 is 5.35. The molecule has 0 aliphatic carbocycles. The van der Waals surface area contributed by atoms with Gasteiger partial charge >= 0.3 is 5.97 Å². The van der Waals surface area contributed by atoms with Crippen LogP contribution in [0.4, 0.5) is 17.5 Å². The topological polar surface area (TPSA) is 139 Å². The lowest BCUT2D eigenvalue weighted by Gasteiger charge is -2.26. The number of carbonyl (C=O) groups is 2. The number of nitrogen functional groups attached to an aromatic ring is 1. The van der Waals surface area contributed by atoms with E-state index in [4.69, 9.17) is 10.5 Å². The van der Waals surface area contributed by atoms with Gasteiger partial charge in [0.25, 0.3) is 5.56 Å². The maximum atomic E-state index is 12.5. The Kier molecular flexibility index (Phi) is 6.16. The Morgan fingerprint density at radius 1 is 1.06 bits per heavy atom. The monoisotopic (exact) mass is 433 g/mol. The quantitative estimate of drug-likeness (QED) is 0.328. The Morgan fingerprint density at radius 2 is 1.78 bits per heavy atom. The van der Waals surface area contributed by atoms with Crippen molar-refractivity contribution < 1.29 is 14.3 Å². The summed E-state index contributed by atoms with van der Waals surface area (Å²) in [5.74, 6) is 0.0308. The number of rotatable bonds is 7. The van der Waals surface area contributed by atoms with Crippen molar-refractivity contribution in [1.82, 2.24) is 9.97 Å². The second-order valence-electron chi connectivity index (χ2n) is 7.47. The van der Waals surface area contributed by atoms with Gasteiger partial charge in [0.1, 0.15) is 12.3 Å². The van der Waals surface area contributed by atoms with Gasteiger partial charge < -0.3 is 21.1 Å². The van der Waals surface area contributed by atoms with Gasteiger partial charge in [-0.1, -0.05) is 54.6 Å². The molecule has 1 unspecified atom stereocenters. The molecule has 5 N–H and O–H groups in total. The molecule has 32 heavy (non-hydrogen) atoms. The standard InChI is InChI=1S/C23H23N5O4/c24-23-27-21-19(22(31)28-23)26-17(12-25-21)13-32-18(29)11-8-14-6-9-16(10-7-14)20(30)15-4-2-1-3-5-15/h1-7,9-10,17,26H,8,11-13H2,(H4,24,25,27,28,31). The molecule has 0 amide bonds. The molecule has 9 nitrogen and oxygen atoms in total. The molecule has 2 aromatic carbocycles. The number of ether oxygens (including phenoxy) is 1. The number of ketones is 1.